The third-order valence-electron chi connectivity index (χ3n) is 3.47. The number of hydrogen-bond donors (Lipinski definition) is 1. The zero-order valence-corrected chi connectivity index (χ0v) is 13.9. The van der Waals surface area contributed by atoms with Gasteiger partial charge >= 0.3 is 6.09 Å². The highest BCUT2D eigenvalue weighted by Crippen LogP contribution is 2.31. The molecule has 0 aliphatic carbocycles. The van der Waals surface area contributed by atoms with Crippen molar-refractivity contribution < 1.29 is 19.1 Å². The number of aromatic nitrogens is 3. The van der Waals surface area contributed by atoms with Crippen molar-refractivity contribution in [2.24, 2.45) is 5.73 Å². The quantitative estimate of drug-likeness (QED) is 0.776. The summed E-state index contributed by atoms with van der Waals surface area (Å²) in [7, 11) is 1.46. The SMILES string of the molecule is COc1nc(-c2cccnc2C(C)C)c(C=O)n1CCOC(N)=O. The number of pyridine rings is 1. The van der Waals surface area contributed by atoms with Gasteiger partial charge in [-0.1, -0.05) is 13.8 Å². The van der Waals surface area contributed by atoms with Gasteiger partial charge in [0.25, 0.3) is 6.01 Å². The normalized spacial score (nSPS) is 10.7. The Kier molecular flexibility index (Phi) is 5.51. The molecule has 8 heteroatoms. The summed E-state index contributed by atoms with van der Waals surface area (Å²) in [4.78, 5) is 31.2. The third-order valence-corrected chi connectivity index (χ3v) is 3.47. The van der Waals surface area contributed by atoms with Crippen LogP contribution in [0.3, 0.4) is 0 Å². The predicted molar refractivity (Wildman–Crippen MR) is 87.0 cm³/mol. The molecule has 128 valence electrons. The van der Waals surface area contributed by atoms with Crippen LogP contribution in [0.5, 0.6) is 6.01 Å². The molecule has 2 aromatic rings. The summed E-state index contributed by atoms with van der Waals surface area (Å²) < 4.78 is 11.5. The molecule has 0 radical (unpaired) electrons. The van der Waals surface area contributed by atoms with E-state index in [4.69, 9.17) is 15.2 Å². The lowest BCUT2D eigenvalue weighted by atomic mass is 10.0. The molecule has 0 aliphatic heterocycles. The van der Waals surface area contributed by atoms with Crippen LogP contribution in [0.1, 0.15) is 35.9 Å². The highest BCUT2D eigenvalue weighted by molar-refractivity contribution is 5.85. The minimum absolute atomic E-state index is 0.00636. The number of carbonyl (C=O) groups excluding carboxylic acids is 2. The van der Waals surface area contributed by atoms with Crippen LogP contribution >= 0.6 is 0 Å². The molecule has 0 bridgehead atoms. The Labute approximate surface area is 139 Å². The van der Waals surface area contributed by atoms with Crippen molar-refractivity contribution in [3.8, 4) is 17.3 Å². The molecule has 0 saturated carbocycles. The summed E-state index contributed by atoms with van der Waals surface area (Å²) in [6.45, 7) is 4.24. The summed E-state index contributed by atoms with van der Waals surface area (Å²) in [6, 6.07) is 3.90. The van der Waals surface area contributed by atoms with E-state index in [1.807, 2.05) is 19.9 Å². The van der Waals surface area contributed by atoms with Gasteiger partial charge in [0.05, 0.1) is 19.3 Å². The van der Waals surface area contributed by atoms with E-state index in [9.17, 15) is 9.59 Å². The molecule has 2 aromatic heterocycles. The number of methoxy groups -OCH3 is 1. The van der Waals surface area contributed by atoms with Crippen LogP contribution in [0.25, 0.3) is 11.3 Å². The molecule has 2 rings (SSSR count). The van der Waals surface area contributed by atoms with Gasteiger partial charge in [-0.3, -0.25) is 14.3 Å². The number of imidazole rings is 1. The Morgan fingerprint density at radius 1 is 1.46 bits per heavy atom. The van der Waals surface area contributed by atoms with Gasteiger partial charge in [0.1, 0.15) is 18.0 Å². The zero-order chi connectivity index (χ0) is 17.7. The molecule has 24 heavy (non-hydrogen) atoms. The van der Waals surface area contributed by atoms with Crippen molar-refractivity contribution in [2.45, 2.75) is 26.3 Å². The number of primary amides is 1. The summed E-state index contributed by atoms with van der Waals surface area (Å²) in [5.41, 5.74) is 7.37. The maximum atomic E-state index is 11.7. The number of nitrogens with zero attached hydrogens (tertiary/aromatic N) is 3. The summed E-state index contributed by atoms with van der Waals surface area (Å²) in [6.07, 6.45) is 1.52. The van der Waals surface area contributed by atoms with Crippen molar-refractivity contribution in [3.05, 3.63) is 29.7 Å². The minimum atomic E-state index is -0.878. The standard InChI is InChI=1S/C16H20N4O4/c1-10(2)13-11(5-4-6-18-13)14-12(9-21)20(16(19-14)23-3)7-8-24-15(17)22/h4-6,9-10H,7-8H2,1-3H3,(H2,17,22). The monoisotopic (exact) mass is 332 g/mol. The first-order valence-corrected chi connectivity index (χ1v) is 7.46. The smallest absolute Gasteiger partial charge is 0.404 e. The highest BCUT2D eigenvalue weighted by atomic mass is 16.5. The average Bonchev–Trinajstić information content (AvgIpc) is 2.92. The average molecular weight is 332 g/mol. The zero-order valence-electron chi connectivity index (χ0n) is 13.9. The Balaban J connectivity index is 2.50. The predicted octanol–water partition coefficient (Wildman–Crippen LogP) is 1.98. The molecule has 0 spiro atoms. The van der Waals surface area contributed by atoms with E-state index in [0.717, 1.165) is 11.3 Å². The second-order valence-corrected chi connectivity index (χ2v) is 5.36. The first-order chi connectivity index (χ1) is 11.5. The topological polar surface area (TPSA) is 109 Å². The number of nitrogens with two attached hydrogens (primary N) is 1. The van der Waals surface area contributed by atoms with Gasteiger partial charge in [-0.25, -0.2) is 4.79 Å². The van der Waals surface area contributed by atoms with Crippen LogP contribution < -0.4 is 10.5 Å². The van der Waals surface area contributed by atoms with Crippen molar-refractivity contribution >= 4 is 12.4 Å². The highest BCUT2D eigenvalue weighted by Gasteiger charge is 2.22. The number of carbonyl (C=O) groups is 2. The molecular weight excluding hydrogens is 312 g/mol. The second kappa shape index (κ2) is 7.58. The van der Waals surface area contributed by atoms with E-state index in [-0.39, 0.29) is 25.1 Å². The van der Waals surface area contributed by atoms with E-state index in [2.05, 4.69) is 9.97 Å². The van der Waals surface area contributed by atoms with E-state index < -0.39 is 6.09 Å². The fourth-order valence-corrected chi connectivity index (χ4v) is 2.45. The van der Waals surface area contributed by atoms with Crippen LogP contribution in [0.2, 0.25) is 0 Å². The molecule has 0 aliphatic rings. The Bertz CT molecular complexity index is 740. The first kappa shape index (κ1) is 17.5. The van der Waals surface area contributed by atoms with Crippen molar-refractivity contribution in [1.82, 2.24) is 14.5 Å². The molecule has 0 aromatic carbocycles. The number of amides is 1. The Morgan fingerprint density at radius 3 is 2.79 bits per heavy atom. The van der Waals surface area contributed by atoms with Crippen LogP contribution in [0.15, 0.2) is 18.3 Å². The lowest BCUT2D eigenvalue weighted by molar-refractivity contribution is 0.111. The van der Waals surface area contributed by atoms with Gasteiger partial charge in [-0.15, -0.1) is 0 Å². The first-order valence-electron chi connectivity index (χ1n) is 7.46. The van der Waals surface area contributed by atoms with Crippen LogP contribution in [-0.4, -0.2) is 40.6 Å². The van der Waals surface area contributed by atoms with Crippen LogP contribution in [0.4, 0.5) is 4.79 Å². The van der Waals surface area contributed by atoms with Gasteiger partial charge in [0.2, 0.25) is 0 Å². The molecule has 2 N–H and O–H groups in total. The fraction of sp³-hybridized carbons (Fsp3) is 0.375. The largest absolute Gasteiger partial charge is 0.468 e. The molecule has 0 fully saturated rings. The Morgan fingerprint density at radius 2 is 2.21 bits per heavy atom. The molecule has 8 nitrogen and oxygen atoms in total. The number of hydrogen-bond acceptors (Lipinski definition) is 6. The van der Waals surface area contributed by atoms with Gasteiger partial charge < -0.3 is 15.2 Å². The van der Waals surface area contributed by atoms with E-state index in [1.165, 1.54) is 7.11 Å². The lowest BCUT2D eigenvalue weighted by Gasteiger charge is -2.10. The van der Waals surface area contributed by atoms with Crippen LogP contribution in [-0.2, 0) is 11.3 Å². The Hall–Kier alpha value is -2.90. The second-order valence-electron chi connectivity index (χ2n) is 5.36. The van der Waals surface area contributed by atoms with Gasteiger partial charge in [0, 0.05) is 11.8 Å². The molecule has 0 atom stereocenters. The number of ether oxygens (including phenoxy) is 2. The number of rotatable bonds is 7. The van der Waals surface area contributed by atoms with Crippen molar-refractivity contribution in [1.29, 1.82) is 0 Å². The lowest BCUT2D eigenvalue weighted by Crippen LogP contribution is -2.18. The molecule has 2 heterocycles. The molecule has 0 unspecified atom stereocenters. The maximum absolute atomic E-state index is 11.7. The molecular formula is C16H20N4O4. The fourth-order valence-electron chi connectivity index (χ4n) is 2.45. The summed E-state index contributed by atoms with van der Waals surface area (Å²) in [5.74, 6) is 0.162. The van der Waals surface area contributed by atoms with E-state index in [1.54, 1.807) is 16.8 Å². The van der Waals surface area contributed by atoms with Crippen molar-refractivity contribution in [2.75, 3.05) is 13.7 Å². The van der Waals surface area contributed by atoms with Gasteiger partial charge in [0.15, 0.2) is 6.29 Å². The van der Waals surface area contributed by atoms with Crippen LogP contribution in [0, 0.1) is 0 Å². The minimum Gasteiger partial charge on any atom is -0.468 e. The molecule has 1 amide bonds. The third kappa shape index (κ3) is 3.53. The molecule has 0 saturated heterocycles. The van der Waals surface area contributed by atoms with E-state index in [0.29, 0.717) is 17.7 Å². The summed E-state index contributed by atoms with van der Waals surface area (Å²) >= 11 is 0. The number of aldehydes is 1. The van der Waals surface area contributed by atoms with Gasteiger partial charge in [-0.05, 0) is 18.1 Å². The maximum Gasteiger partial charge on any atom is 0.404 e. The van der Waals surface area contributed by atoms with E-state index >= 15 is 0 Å². The van der Waals surface area contributed by atoms with Crippen molar-refractivity contribution in [3.63, 3.8) is 0 Å². The summed E-state index contributed by atoms with van der Waals surface area (Å²) in [5, 5.41) is 0. The van der Waals surface area contributed by atoms with Gasteiger partial charge in [-0.2, -0.15) is 4.98 Å².